The molecule has 5 heteroatoms. The van der Waals surface area contributed by atoms with Gasteiger partial charge in [0.1, 0.15) is 6.04 Å². The molecule has 0 aliphatic carbocycles. The number of nitrogens with one attached hydrogen (secondary N) is 1. The minimum absolute atomic E-state index is 0.00629. The van der Waals surface area contributed by atoms with Crippen LogP contribution in [0.4, 0.5) is 5.69 Å². The van der Waals surface area contributed by atoms with Crippen LogP contribution < -0.4 is 16.0 Å². The molecule has 0 heterocycles. The Balaban J connectivity index is 2.86. The first-order valence-corrected chi connectivity index (χ1v) is 7.23. The number of hydrogen-bond acceptors (Lipinski definition) is 3. The van der Waals surface area contributed by atoms with Crippen molar-refractivity contribution in [2.75, 3.05) is 11.4 Å². The van der Waals surface area contributed by atoms with Crippen molar-refractivity contribution >= 4 is 28.8 Å². The predicted octanol–water partition coefficient (Wildman–Crippen LogP) is 2.08. The SMILES string of the molecule is CC(C)NC(=O)C(C)N(CCC(N)=S)c1ccccc1. The van der Waals surface area contributed by atoms with Crippen LogP contribution in [0.5, 0.6) is 0 Å². The lowest BCUT2D eigenvalue weighted by Crippen LogP contribution is -2.48. The molecule has 1 unspecified atom stereocenters. The lowest BCUT2D eigenvalue weighted by atomic mass is 10.2. The van der Waals surface area contributed by atoms with Gasteiger partial charge >= 0.3 is 0 Å². The average Bonchev–Trinajstić information content (AvgIpc) is 2.38. The van der Waals surface area contributed by atoms with Gasteiger partial charge in [-0.1, -0.05) is 30.4 Å². The second-order valence-electron chi connectivity index (χ2n) is 5.08. The highest BCUT2D eigenvalue weighted by Crippen LogP contribution is 2.17. The highest BCUT2D eigenvalue weighted by atomic mass is 32.1. The quantitative estimate of drug-likeness (QED) is 0.756. The molecule has 20 heavy (non-hydrogen) atoms. The fourth-order valence-corrected chi connectivity index (χ4v) is 2.03. The van der Waals surface area contributed by atoms with Crippen LogP contribution in [-0.4, -0.2) is 29.5 Å². The normalized spacial score (nSPS) is 12.0. The van der Waals surface area contributed by atoms with E-state index in [-0.39, 0.29) is 18.0 Å². The number of rotatable bonds is 7. The van der Waals surface area contributed by atoms with Crippen molar-refractivity contribution < 1.29 is 4.79 Å². The van der Waals surface area contributed by atoms with Gasteiger partial charge < -0.3 is 16.0 Å². The van der Waals surface area contributed by atoms with Gasteiger partial charge in [-0.2, -0.15) is 0 Å². The molecule has 0 aliphatic heterocycles. The van der Waals surface area contributed by atoms with Crippen molar-refractivity contribution in [1.82, 2.24) is 5.32 Å². The van der Waals surface area contributed by atoms with Crippen LogP contribution in [0.2, 0.25) is 0 Å². The lowest BCUT2D eigenvalue weighted by Gasteiger charge is -2.31. The van der Waals surface area contributed by atoms with Crippen molar-refractivity contribution in [3.63, 3.8) is 0 Å². The molecule has 0 aromatic heterocycles. The van der Waals surface area contributed by atoms with Crippen LogP contribution in [0.25, 0.3) is 0 Å². The summed E-state index contributed by atoms with van der Waals surface area (Å²) in [6.07, 6.45) is 0.587. The Bertz CT molecular complexity index is 448. The molecule has 1 aromatic carbocycles. The van der Waals surface area contributed by atoms with E-state index in [4.69, 9.17) is 18.0 Å². The van der Waals surface area contributed by atoms with Crippen LogP contribution in [0.1, 0.15) is 27.2 Å². The van der Waals surface area contributed by atoms with Gasteiger partial charge in [-0.3, -0.25) is 4.79 Å². The summed E-state index contributed by atoms with van der Waals surface area (Å²) < 4.78 is 0. The summed E-state index contributed by atoms with van der Waals surface area (Å²) in [5, 5.41) is 2.94. The topological polar surface area (TPSA) is 58.4 Å². The molecule has 0 spiro atoms. The molecule has 1 amide bonds. The summed E-state index contributed by atoms with van der Waals surface area (Å²) in [6, 6.07) is 9.69. The fourth-order valence-electron chi connectivity index (χ4n) is 1.94. The van der Waals surface area contributed by atoms with Gasteiger partial charge in [0.05, 0.1) is 4.99 Å². The number of anilines is 1. The minimum Gasteiger partial charge on any atom is -0.393 e. The molecule has 1 aromatic rings. The first-order valence-electron chi connectivity index (χ1n) is 6.82. The van der Waals surface area contributed by atoms with Gasteiger partial charge in [0, 0.05) is 24.7 Å². The molecule has 0 saturated heterocycles. The number of carbonyl (C=O) groups is 1. The Morgan fingerprint density at radius 2 is 1.90 bits per heavy atom. The second-order valence-corrected chi connectivity index (χ2v) is 5.61. The zero-order valence-corrected chi connectivity index (χ0v) is 13.1. The van der Waals surface area contributed by atoms with E-state index in [9.17, 15) is 4.79 Å². The van der Waals surface area contributed by atoms with Gasteiger partial charge in [-0.05, 0) is 32.9 Å². The average molecular weight is 293 g/mol. The summed E-state index contributed by atoms with van der Waals surface area (Å²) in [6.45, 7) is 6.43. The Morgan fingerprint density at radius 1 is 1.30 bits per heavy atom. The van der Waals surface area contributed by atoms with Crippen molar-refractivity contribution in [2.45, 2.75) is 39.3 Å². The third-order valence-electron chi connectivity index (χ3n) is 2.96. The van der Waals surface area contributed by atoms with Crippen LogP contribution in [0.3, 0.4) is 0 Å². The number of amides is 1. The molecule has 0 radical (unpaired) electrons. The first kappa shape index (κ1) is 16.4. The maximum absolute atomic E-state index is 12.2. The zero-order valence-electron chi connectivity index (χ0n) is 12.3. The van der Waals surface area contributed by atoms with E-state index in [1.54, 1.807) is 0 Å². The minimum atomic E-state index is -0.269. The highest BCUT2D eigenvalue weighted by Gasteiger charge is 2.21. The Morgan fingerprint density at radius 3 is 2.40 bits per heavy atom. The molecule has 0 aliphatic rings. The van der Waals surface area contributed by atoms with E-state index in [1.165, 1.54) is 0 Å². The van der Waals surface area contributed by atoms with Crippen molar-refractivity contribution in [3.8, 4) is 0 Å². The van der Waals surface area contributed by atoms with E-state index < -0.39 is 0 Å². The number of para-hydroxylation sites is 1. The zero-order chi connectivity index (χ0) is 15.1. The Labute approximate surface area is 126 Å². The molecule has 3 N–H and O–H groups in total. The van der Waals surface area contributed by atoms with Gasteiger partial charge in [-0.25, -0.2) is 0 Å². The van der Waals surface area contributed by atoms with Crippen LogP contribution >= 0.6 is 12.2 Å². The smallest absolute Gasteiger partial charge is 0.242 e. The maximum atomic E-state index is 12.2. The monoisotopic (exact) mass is 293 g/mol. The molecule has 0 saturated carbocycles. The Kier molecular flexibility index (Phi) is 6.45. The van der Waals surface area contributed by atoms with Gasteiger partial charge in [-0.15, -0.1) is 0 Å². The van der Waals surface area contributed by atoms with Crippen molar-refractivity contribution in [1.29, 1.82) is 0 Å². The van der Waals surface area contributed by atoms with Crippen LogP contribution in [-0.2, 0) is 4.79 Å². The van der Waals surface area contributed by atoms with Gasteiger partial charge in [0.15, 0.2) is 0 Å². The van der Waals surface area contributed by atoms with Gasteiger partial charge in [0.25, 0.3) is 0 Å². The number of hydrogen-bond donors (Lipinski definition) is 2. The first-order chi connectivity index (χ1) is 9.41. The summed E-state index contributed by atoms with van der Waals surface area (Å²) in [5.41, 5.74) is 6.58. The summed E-state index contributed by atoms with van der Waals surface area (Å²) >= 11 is 4.94. The van der Waals surface area contributed by atoms with Crippen molar-refractivity contribution in [2.24, 2.45) is 5.73 Å². The number of nitrogens with zero attached hydrogens (tertiary/aromatic N) is 1. The van der Waals surface area contributed by atoms with Crippen LogP contribution in [0.15, 0.2) is 30.3 Å². The van der Waals surface area contributed by atoms with Crippen molar-refractivity contribution in [3.05, 3.63) is 30.3 Å². The molecular weight excluding hydrogens is 270 g/mol. The highest BCUT2D eigenvalue weighted by molar-refractivity contribution is 7.80. The van der Waals surface area contributed by atoms with E-state index in [1.807, 2.05) is 56.0 Å². The third kappa shape index (κ3) is 5.17. The second kappa shape index (κ2) is 7.85. The predicted molar refractivity (Wildman–Crippen MR) is 87.9 cm³/mol. The standard InChI is InChI=1S/C15H23N3OS/c1-11(2)17-15(19)12(3)18(10-9-14(16)20)13-7-5-4-6-8-13/h4-8,11-12H,9-10H2,1-3H3,(H2,16,20)(H,17,19). The largest absolute Gasteiger partial charge is 0.393 e. The van der Waals surface area contributed by atoms with Crippen LogP contribution in [0, 0.1) is 0 Å². The number of nitrogens with two attached hydrogens (primary N) is 1. The lowest BCUT2D eigenvalue weighted by molar-refractivity contribution is -0.122. The summed E-state index contributed by atoms with van der Waals surface area (Å²) in [5.74, 6) is 0.00629. The molecule has 1 atom stereocenters. The Hall–Kier alpha value is -1.62. The maximum Gasteiger partial charge on any atom is 0.242 e. The van der Waals surface area contributed by atoms with E-state index in [2.05, 4.69) is 5.32 Å². The number of carbonyl (C=O) groups excluding carboxylic acids is 1. The molecule has 1 rings (SSSR count). The molecular formula is C15H23N3OS. The summed E-state index contributed by atoms with van der Waals surface area (Å²) in [7, 11) is 0. The van der Waals surface area contributed by atoms with Gasteiger partial charge in [0.2, 0.25) is 5.91 Å². The number of thiocarbonyl (C=S) groups is 1. The molecule has 0 bridgehead atoms. The molecule has 4 nitrogen and oxygen atoms in total. The molecule has 0 fully saturated rings. The van der Waals surface area contributed by atoms with E-state index in [0.29, 0.717) is 18.0 Å². The fraction of sp³-hybridized carbons (Fsp3) is 0.467. The number of benzene rings is 1. The van der Waals surface area contributed by atoms with E-state index >= 15 is 0 Å². The molecule has 110 valence electrons. The third-order valence-corrected chi connectivity index (χ3v) is 3.17. The van der Waals surface area contributed by atoms with E-state index in [0.717, 1.165) is 5.69 Å². The summed E-state index contributed by atoms with van der Waals surface area (Å²) in [4.78, 5) is 14.7.